The number of carbonyl (C=O) groups is 1. The van der Waals surface area contributed by atoms with Crippen molar-refractivity contribution >= 4 is 27.7 Å². The smallest absolute Gasteiger partial charge is 0.228 e. The zero-order valence-corrected chi connectivity index (χ0v) is 11.1. The number of nitrogens with two attached hydrogens (primary N) is 1. The molecule has 2 atom stereocenters. The maximum atomic E-state index is 12.1. The van der Waals surface area contributed by atoms with Crippen molar-refractivity contribution in [1.29, 1.82) is 0 Å². The van der Waals surface area contributed by atoms with Crippen molar-refractivity contribution in [1.82, 2.24) is 4.98 Å². The summed E-state index contributed by atoms with van der Waals surface area (Å²) in [6.45, 7) is 0.589. The van der Waals surface area contributed by atoms with Gasteiger partial charge in [-0.15, -0.1) is 0 Å². The molecule has 2 rings (SSSR count). The Morgan fingerprint density at radius 2 is 2.35 bits per heavy atom. The van der Waals surface area contributed by atoms with Gasteiger partial charge in [0.1, 0.15) is 5.82 Å². The van der Waals surface area contributed by atoms with Gasteiger partial charge in [0.25, 0.3) is 0 Å². The van der Waals surface area contributed by atoms with Gasteiger partial charge in [0.15, 0.2) is 0 Å². The van der Waals surface area contributed by atoms with Crippen LogP contribution in [0.25, 0.3) is 0 Å². The van der Waals surface area contributed by atoms with Crippen LogP contribution in [-0.4, -0.2) is 17.4 Å². The Hall–Kier alpha value is -0.940. The summed E-state index contributed by atoms with van der Waals surface area (Å²) in [5.74, 6) is 1.02. The van der Waals surface area contributed by atoms with Crippen molar-refractivity contribution < 1.29 is 4.79 Å². The van der Waals surface area contributed by atoms with Crippen molar-refractivity contribution in [3.63, 3.8) is 0 Å². The second kappa shape index (κ2) is 5.60. The van der Waals surface area contributed by atoms with E-state index in [0.29, 0.717) is 18.3 Å². The summed E-state index contributed by atoms with van der Waals surface area (Å²) in [7, 11) is 0. The van der Waals surface area contributed by atoms with Crippen LogP contribution >= 0.6 is 15.9 Å². The number of amides is 1. The Bertz CT molecular complexity index is 393. The van der Waals surface area contributed by atoms with Crippen molar-refractivity contribution in [2.45, 2.75) is 19.3 Å². The number of hydrogen-bond acceptors (Lipinski definition) is 3. The number of nitrogens with zero attached hydrogens (tertiary/aromatic N) is 1. The van der Waals surface area contributed by atoms with Crippen LogP contribution < -0.4 is 11.1 Å². The number of pyridine rings is 1. The monoisotopic (exact) mass is 297 g/mol. The minimum atomic E-state index is 0.0467. The van der Waals surface area contributed by atoms with E-state index < -0.39 is 0 Å². The lowest BCUT2D eigenvalue weighted by atomic mass is 9.95. The van der Waals surface area contributed by atoms with E-state index in [1.807, 2.05) is 6.07 Å². The van der Waals surface area contributed by atoms with Gasteiger partial charge in [-0.05, 0) is 53.4 Å². The lowest BCUT2D eigenvalue weighted by Gasteiger charge is -2.16. The molecule has 1 aliphatic carbocycles. The lowest BCUT2D eigenvalue weighted by Crippen LogP contribution is -2.29. The molecule has 0 radical (unpaired) electrons. The average molecular weight is 298 g/mol. The third-order valence-corrected chi connectivity index (χ3v) is 3.75. The van der Waals surface area contributed by atoms with Gasteiger partial charge in [0.05, 0.1) is 0 Å². The van der Waals surface area contributed by atoms with E-state index in [-0.39, 0.29) is 11.8 Å². The number of hydrogen-bond donors (Lipinski definition) is 2. The van der Waals surface area contributed by atoms with Gasteiger partial charge in [0.2, 0.25) is 5.91 Å². The molecule has 2 unspecified atom stereocenters. The molecular formula is C12H16BrN3O. The molecule has 5 heteroatoms. The van der Waals surface area contributed by atoms with E-state index in [1.54, 1.807) is 12.3 Å². The summed E-state index contributed by atoms with van der Waals surface area (Å²) < 4.78 is 0.899. The third kappa shape index (κ3) is 3.04. The first-order valence-corrected chi connectivity index (χ1v) is 6.62. The molecule has 3 N–H and O–H groups in total. The fourth-order valence-corrected chi connectivity index (χ4v) is 2.57. The van der Waals surface area contributed by atoms with Gasteiger partial charge < -0.3 is 11.1 Å². The normalized spacial score (nSPS) is 23.6. The molecule has 1 heterocycles. The number of carbonyl (C=O) groups excluding carboxylic acids is 1. The van der Waals surface area contributed by atoms with E-state index in [9.17, 15) is 4.79 Å². The van der Waals surface area contributed by atoms with E-state index in [0.717, 1.165) is 23.7 Å². The summed E-state index contributed by atoms with van der Waals surface area (Å²) in [6.07, 6.45) is 4.75. The van der Waals surface area contributed by atoms with Crippen LogP contribution in [-0.2, 0) is 4.79 Å². The molecule has 0 saturated heterocycles. The summed E-state index contributed by atoms with van der Waals surface area (Å²) in [6, 6.07) is 3.64. The van der Waals surface area contributed by atoms with E-state index in [2.05, 4.69) is 26.2 Å². The van der Waals surface area contributed by atoms with E-state index >= 15 is 0 Å². The highest BCUT2D eigenvalue weighted by molar-refractivity contribution is 9.10. The number of halogens is 1. The summed E-state index contributed by atoms with van der Waals surface area (Å²) in [5, 5.41) is 2.85. The van der Waals surface area contributed by atoms with E-state index in [4.69, 9.17) is 5.73 Å². The molecule has 0 bridgehead atoms. The highest BCUT2D eigenvalue weighted by Gasteiger charge is 2.31. The Morgan fingerprint density at radius 1 is 1.53 bits per heavy atom. The zero-order valence-electron chi connectivity index (χ0n) is 9.53. The second-order valence-electron chi connectivity index (χ2n) is 4.38. The maximum Gasteiger partial charge on any atom is 0.228 e. The first-order chi connectivity index (χ1) is 8.20. The van der Waals surface area contributed by atoms with Crippen LogP contribution in [0.4, 0.5) is 5.82 Å². The molecule has 1 aliphatic rings. The van der Waals surface area contributed by atoms with Gasteiger partial charge >= 0.3 is 0 Å². The first kappa shape index (κ1) is 12.5. The molecule has 0 aliphatic heterocycles. The van der Waals surface area contributed by atoms with Crippen LogP contribution in [0.3, 0.4) is 0 Å². The molecule has 1 amide bonds. The molecule has 0 aromatic carbocycles. The standard InChI is InChI=1S/C12H16BrN3O/c13-9-4-5-11(15-7-9)16-12(17)10-3-1-2-8(10)6-14/h4-5,7-8,10H,1-3,6,14H2,(H,15,16,17). The van der Waals surface area contributed by atoms with Gasteiger partial charge in [-0.25, -0.2) is 4.98 Å². The molecule has 92 valence electrons. The average Bonchev–Trinajstić information content (AvgIpc) is 2.80. The number of anilines is 1. The fourth-order valence-electron chi connectivity index (χ4n) is 2.33. The van der Waals surface area contributed by atoms with Crippen LogP contribution in [0, 0.1) is 11.8 Å². The lowest BCUT2D eigenvalue weighted by molar-refractivity contribution is -0.120. The quantitative estimate of drug-likeness (QED) is 0.898. The zero-order chi connectivity index (χ0) is 12.3. The summed E-state index contributed by atoms with van der Waals surface area (Å²) in [5.41, 5.74) is 5.67. The predicted octanol–water partition coefficient (Wildman–Crippen LogP) is 2.16. The number of nitrogens with one attached hydrogen (secondary N) is 1. The highest BCUT2D eigenvalue weighted by atomic mass is 79.9. The topological polar surface area (TPSA) is 68.0 Å². The van der Waals surface area contributed by atoms with Crippen LogP contribution in [0.2, 0.25) is 0 Å². The maximum absolute atomic E-state index is 12.1. The van der Waals surface area contributed by atoms with Gasteiger partial charge in [-0.3, -0.25) is 4.79 Å². The molecular weight excluding hydrogens is 282 g/mol. The van der Waals surface area contributed by atoms with Gasteiger partial charge in [-0.2, -0.15) is 0 Å². The number of rotatable bonds is 3. The molecule has 0 spiro atoms. The fraction of sp³-hybridized carbons (Fsp3) is 0.500. The third-order valence-electron chi connectivity index (χ3n) is 3.28. The van der Waals surface area contributed by atoms with Crippen molar-refractivity contribution in [3.05, 3.63) is 22.8 Å². The Kier molecular flexibility index (Phi) is 4.12. The predicted molar refractivity (Wildman–Crippen MR) is 70.5 cm³/mol. The molecule has 17 heavy (non-hydrogen) atoms. The highest BCUT2D eigenvalue weighted by Crippen LogP contribution is 2.31. The molecule has 1 saturated carbocycles. The summed E-state index contributed by atoms with van der Waals surface area (Å²) in [4.78, 5) is 16.2. The van der Waals surface area contributed by atoms with Crippen LogP contribution in [0.5, 0.6) is 0 Å². The van der Waals surface area contributed by atoms with Crippen LogP contribution in [0.15, 0.2) is 22.8 Å². The van der Waals surface area contributed by atoms with Crippen LogP contribution in [0.1, 0.15) is 19.3 Å². The van der Waals surface area contributed by atoms with Crippen molar-refractivity contribution in [2.24, 2.45) is 17.6 Å². The van der Waals surface area contributed by atoms with Crippen molar-refractivity contribution in [3.8, 4) is 0 Å². The van der Waals surface area contributed by atoms with Crippen molar-refractivity contribution in [2.75, 3.05) is 11.9 Å². The van der Waals surface area contributed by atoms with Gasteiger partial charge in [-0.1, -0.05) is 6.42 Å². The molecule has 1 aromatic heterocycles. The largest absolute Gasteiger partial charge is 0.330 e. The summed E-state index contributed by atoms with van der Waals surface area (Å²) >= 11 is 3.31. The van der Waals surface area contributed by atoms with E-state index in [1.165, 1.54) is 0 Å². The Balaban J connectivity index is 1.99. The van der Waals surface area contributed by atoms with Gasteiger partial charge in [0, 0.05) is 16.6 Å². The number of aromatic nitrogens is 1. The first-order valence-electron chi connectivity index (χ1n) is 5.83. The Labute approximate surface area is 109 Å². The molecule has 1 aromatic rings. The second-order valence-corrected chi connectivity index (χ2v) is 5.30. The minimum Gasteiger partial charge on any atom is -0.330 e. The molecule has 1 fully saturated rings. The Morgan fingerprint density at radius 3 is 3.00 bits per heavy atom. The SMILES string of the molecule is NCC1CCCC1C(=O)Nc1ccc(Br)cn1. The minimum absolute atomic E-state index is 0.0467. The molecule has 4 nitrogen and oxygen atoms in total.